The molecule has 0 radical (unpaired) electrons. The largest absolute Gasteiger partial charge is 0.341 e. The number of anilines is 4. The van der Waals surface area contributed by atoms with Gasteiger partial charge in [-0.2, -0.15) is 0 Å². The zero-order chi connectivity index (χ0) is 20.0. The molecule has 0 saturated heterocycles. The highest BCUT2D eigenvalue weighted by Gasteiger charge is 2.23. The van der Waals surface area contributed by atoms with Crippen molar-refractivity contribution in [1.82, 2.24) is 0 Å². The van der Waals surface area contributed by atoms with Crippen molar-refractivity contribution in [2.45, 2.75) is 46.5 Å². The lowest BCUT2D eigenvalue weighted by Gasteiger charge is -2.35. The lowest BCUT2D eigenvalue weighted by molar-refractivity contribution is 0.756. The van der Waals surface area contributed by atoms with Gasteiger partial charge in [0.05, 0.1) is 0 Å². The highest BCUT2D eigenvalue weighted by molar-refractivity contribution is 5.76. The Balaban J connectivity index is 1.59. The summed E-state index contributed by atoms with van der Waals surface area (Å²) in [5.74, 6) is 0. The van der Waals surface area contributed by atoms with Crippen molar-refractivity contribution in [3.63, 3.8) is 0 Å². The molecule has 2 aliphatic rings. The second-order valence-electron chi connectivity index (χ2n) is 8.68. The van der Waals surface area contributed by atoms with E-state index in [2.05, 4.69) is 85.2 Å². The van der Waals surface area contributed by atoms with Crippen LogP contribution in [0.5, 0.6) is 0 Å². The lowest BCUT2D eigenvalue weighted by Crippen LogP contribution is -2.27. The number of benzene rings is 3. The molecular formula is C27H30N2. The van der Waals surface area contributed by atoms with Gasteiger partial charge >= 0.3 is 0 Å². The number of hydrogen-bond acceptors (Lipinski definition) is 2. The first-order valence-electron chi connectivity index (χ1n) is 11.0. The summed E-state index contributed by atoms with van der Waals surface area (Å²) in [6.45, 7) is 8.91. The van der Waals surface area contributed by atoms with Crippen LogP contribution in [0.2, 0.25) is 0 Å². The zero-order valence-corrected chi connectivity index (χ0v) is 17.8. The first-order valence-corrected chi connectivity index (χ1v) is 11.0. The van der Waals surface area contributed by atoms with Crippen LogP contribution < -0.4 is 9.80 Å². The molecule has 0 unspecified atom stereocenters. The summed E-state index contributed by atoms with van der Waals surface area (Å²) in [5, 5.41) is 0. The topological polar surface area (TPSA) is 6.48 Å². The SMILES string of the molecule is Cc1cc(N2CCCc3c(C)cccc32)cc(N2CCCc3c(C)cccc32)c1. The Labute approximate surface area is 174 Å². The molecule has 0 N–H and O–H groups in total. The molecular weight excluding hydrogens is 352 g/mol. The van der Waals surface area contributed by atoms with Crippen LogP contribution in [0.3, 0.4) is 0 Å². The van der Waals surface area contributed by atoms with Gasteiger partial charge in [-0.15, -0.1) is 0 Å². The molecule has 3 aromatic rings. The van der Waals surface area contributed by atoms with Gasteiger partial charge in [0.15, 0.2) is 0 Å². The molecule has 0 aromatic heterocycles. The Bertz CT molecular complexity index is 984. The minimum absolute atomic E-state index is 1.09. The molecule has 2 nitrogen and oxygen atoms in total. The highest BCUT2D eigenvalue weighted by atomic mass is 15.2. The second kappa shape index (κ2) is 7.26. The van der Waals surface area contributed by atoms with Gasteiger partial charge in [0.25, 0.3) is 0 Å². The van der Waals surface area contributed by atoms with Crippen molar-refractivity contribution in [2.24, 2.45) is 0 Å². The normalized spacial score (nSPS) is 15.8. The Morgan fingerprint density at radius 2 is 1.10 bits per heavy atom. The maximum Gasteiger partial charge on any atom is 0.0445 e. The number of aryl methyl sites for hydroxylation is 3. The highest BCUT2D eigenvalue weighted by Crippen LogP contribution is 2.40. The van der Waals surface area contributed by atoms with Gasteiger partial charge in [0.2, 0.25) is 0 Å². The zero-order valence-electron chi connectivity index (χ0n) is 17.8. The third-order valence-corrected chi connectivity index (χ3v) is 6.64. The molecule has 0 atom stereocenters. The average Bonchev–Trinajstić information content (AvgIpc) is 2.73. The molecule has 0 fully saturated rings. The summed E-state index contributed by atoms with van der Waals surface area (Å²) in [7, 11) is 0. The molecule has 0 amide bonds. The van der Waals surface area contributed by atoms with Crippen LogP contribution >= 0.6 is 0 Å². The number of hydrogen-bond donors (Lipinski definition) is 0. The monoisotopic (exact) mass is 382 g/mol. The fourth-order valence-corrected chi connectivity index (χ4v) is 5.19. The summed E-state index contributed by atoms with van der Waals surface area (Å²) in [6.07, 6.45) is 4.81. The van der Waals surface area contributed by atoms with Gasteiger partial charge in [-0.25, -0.2) is 0 Å². The van der Waals surface area contributed by atoms with Crippen LogP contribution in [0.25, 0.3) is 0 Å². The van der Waals surface area contributed by atoms with Crippen LogP contribution in [-0.2, 0) is 12.8 Å². The van der Waals surface area contributed by atoms with Gasteiger partial charge in [0.1, 0.15) is 0 Å². The van der Waals surface area contributed by atoms with E-state index >= 15 is 0 Å². The van der Waals surface area contributed by atoms with Crippen LogP contribution in [0.1, 0.15) is 40.7 Å². The van der Waals surface area contributed by atoms with Crippen LogP contribution in [0.4, 0.5) is 22.7 Å². The third-order valence-electron chi connectivity index (χ3n) is 6.64. The van der Waals surface area contributed by atoms with E-state index in [0.29, 0.717) is 0 Å². The molecule has 148 valence electrons. The lowest BCUT2D eigenvalue weighted by atomic mass is 9.95. The van der Waals surface area contributed by atoms with E-state index in [1.54, 1.807) is 0 Å². The molecule has 5 rings (SSSR count). The summed E-state index contributed by atoms with van der Waals surface area (Å²) in [4.78, 5) is 5.06. The van der Waals surface area contributed by atoms with Crippen molar-refractivity contribution in [3.05, 3.63) is 82.4 Å². The van der Waals surface area contributed by atoms with Gasteiger partial charge in [-0.3, -0.25) is 0 Å². The fourth-order valence-electron chi connectivity index (χ4n) is 5.19. The second-order valence-corrected chi connectivity index (χ2v) is 8.68. The van der Waals surface area contributed by atoms with E-state index < -0.39 is 0 Å². The predicted molar refractivity (Wildman–Crippen MR) is 124 cm³/mol. The number of nitrogens with zero attached hydrogens (tertiary/aromatic N) is 2. The van der Waals surface area contributed by atoms with E-state index in [-0.39, 0.29) is 0 Å². The van der Waals surface area contributed by atoms with Crippen LogP contribution in [0.15, 0.2) is 54.6 Å². The Kier molecular flexibility index (Phi) is 4.58. The van der Waals surface area contributed by atoms with Crippen LogP contribution in [0, 0.1) is 20.8 Å². The van der Waals surface area contributed by atoms with Gasteiger partial charge < -0.3 is 9.80 Å². The van der Waals surface area contributed by atoms with E-state index in [0.717, 1.165) is 13.1 Å². The smallest absolute Gasteiger partial charge is 0.0445 e. The molecule has 29 heavy (non-hydrogen) atoms. The van der Waals surface area contributed by atoms with E-state index in [1.165, 1.54) is 76.3 Å². The van der Waals surface area contributed by atoms with Gasteiger partial charge in [-0.05, 0) is 105 Å². The van der Waals surface area contributed by atoms with Crippen molar-refractivity contribution in [3.8, 4) is 0 Å². The molecule has 2 aliphatic heterocycles. The molecule has 0 aliphatic carbocycles. The Morgan fingerprint density at radius 3 is 1.59 bits per heavy atom. The molecule has 2 heterocycles. The van der Waals surface area contributed by atoms with Crippen molar-refractivity contribution >= 4 is 22.7 Å². The number of rotatable bonds is 2. The first kappa shape index (κ1) is 18.3. The van der Waals surface area contributed by atoms with E-state index in [4.69, 9.17) is 0 Å². The molecule has 0 bridgehead atoms. The number of fused-ring (bicyclic) bond motifs is 2. The summed E-state index contributed by atoms with van der Waals surface area (Å²) in [6, 6.07) is 20.6. The van der Waals surface area contributed by atoms with Gasteiger partial charge in [0, 0.05) is 35.8 Å². The maximum absolute atomic E-state index is 2.53. The molecule has 2 heteroatoms. The Morgan fingerprint density at radius 1 is 0.621 bits per heavy atom. The standard InChI is InChI=1S/C27H30N2/c1-19-16-22(28-14-6-10-24-20(2)8-4-12-26(24)28)18-23(17-19)29-15-7-11-25-21(3)9-5-13-27(25)29/h4-5,8-9,12-13,16-18H,6-7,10-11,14-15H2,1-3H3. The quantitative estimate of drug-likeness (QED) is 0.482. The summed E-state index contributed by atoms with van der Waals surface area (Å²) >= 11 is 0. The maximum atomic E-state index is 2.53. The van der Waals surface area contributed by atoms with E-state index in [1.807, 2.05) is 0 Å². The van der Waals surface area contributed by atoms with Gasteiger partial charge in [-0.1, -0.05) is 24.3 Å². The molecule has 0 spiro atoms. The van der Waals surface area contributed by atoms with E-state index in [9.17, 15) is 0 Å². The fraction of sp³-hybridized carbons (Fsp3) is 0.333. The minimum Gasteiger partial charge on any atom is -0.341 e. The first-order chi connectivity index (χ1) is 14.1. The summed E-state index contributed by atoms with van der Waals surface area (Å²) in [5.41, 5.74) is 12.6. The third kappa shape index (κ3) is 3.21. The van der Waals surface area contributed by atoms with Crippen molar-refractivity contribution < 1.29 is 0 Å². The summed E-state index contributed by atoms with van der Waals surface area (Å²) < 4.78 is 0. The molecule has 3 aromatic carbocycles. The predicted octanol–water partition coefficient (Wildman–Crippen LogP) is 6.78. The van der Waals surface area contributed by atoms with Crippen molar-refractivity contribution in [1.29, 1.82) is 0 Å². The van der Waals surface area contributed by atoms with Crippen molar-refractivity contribution in [2.75, 3.05) is 22.9 Å². The van der Waals surface area contributed by atoms with Crippen LogP contribution in [-0.4, -0.2) is 13.1 Å². The Hall–Kier alpha value is -2.74. The average molecular weight is 383 g/mol. The minimum atomic E-state index is 1.09. The molecule has 0 saturated carbocycles.